The number of hydrogen-bond acceptors (Lipinski definition) is 3. The molecule has 0 aromatic carbocycles. The number of carbonyl (C=O) groups excluding carboxylic acids is 2. The van der Waals surface area contributed by atoms with Gasteiger partial charge < -0.3 is 15.5 Å². The summed E-state index contributed by atoms with van der Waals surface area (Å²) in [5.74, 6) is 0.949. The van der Waals surface area contributed by atoms with E-state index in [-0.39, 0.29) is 5.91 Å². The second-order valence-corrected chi connectivity index (χ2v) is 6.79. The second kappa shape index (κ2) is 6.77. The van der Waals surface area contributed by atoms with E-state index in [0.717, 1.165) is 38.9 Å². The third-order valence-corrected chi connectivity index (χ3v) is 5.29. The van der Waals surface area contributed by atoms with Crippen molar-refractivity contribution in [1.82, 2.24) is 15.5 Å². The van der Waals surface area contributed by atoms with Crippen molar-refractivity contribution < 1.29 is 9.59 Å². The van der Waals surface area contributed by atoms with Gasteiger partial charge in [-0.15, -0.1) is 0 Å². The Bertz CT molecular complexity index is 393. The van der Waals surface area contributed by atoms with Gasteiger partial charge in [0.2, 0.25) is 11.8 Å². The van der Waals surface area contributed by atoms with E-state index in [0.29, 0.717) is 36.8 Å². The number of carbonyl (C=O) groups is 2. The molecule has 3 heterocycles. The molecule has 5 nitrogen and oxygen atoms in total. The minimum Gasteiger partial charge on any atom is -0.353 e. The molecule has 5 heteroatoms. The van der Waals surface area contributed by atoms with Gasteiger partial charge in [-0.3, -0.25) is 9.59 Å². The van der Waals surface area contributed by atoms with Crippen LogP contribution in [0.4, 0.5) is 0 Å². The molecule has 0 aromatic rings. The molecule has 0 aliphatic carbocycles. The van der Waals surface area contributed by atoms with Crippen LogP contribution >= 0.6 is 0 Å². The third kappa shape index (κ3) is 3.76. The van der Waals surface area contributed by atoms with Crippen LogP contribution in [0.1, 0.15) is 51.4 Å². The molecule has 3 fully saturated rings. The van der Waals surface area contributed by atoms with Crippen molar-refractivity contribution in [3.05, 3.63) is 0 Å². The number of amides is 2. The van der Waals surface area contributed by atoms with Gasteiger partial charge in [-0.1, -0.05) is 6.42 Å². The maximum Gasteiger partial charge on any atom is 0.222 e. The lowest BCUT2D eigenvalue weighted by Crippen LogP contribution is -2.55. The van der Waals surface area contributed by atoms with Crippen molar-refractivity contribution in [2.24, 2.45) is 5.92 Å². The molecule has 3 aliphatic rings. The fraction of sp³-hybridized carbons (Fsp3) is 0.875. The Morgan fingerprint density at radius 2 is 2.14 bits per heavy atom. The maximum absolute atomic E-state index is 12.4. The predicted octanol–water partition coefficient (Wildman–Crippen LogP) is 1.04. The zero-order valence-corrected chi connectivity index (χ0v) is 12.8. The fourth-order valence-electron chi connectivity index (χ4n) is 3.96. The SMILES string of the molecule is O=C1CCC2CN(C(=O)CCC3CCCCN3)CCC2N1. The van der Waals surface area contributed by atoms with Gasteiger partial charge in [0, 0.05) is 38.0 Å². The molecule has 0 saturated carbocycles. The lowest BCUT2D eigenvalue weighted by Gasteiger charge is -2.41. The monoisotopic (exact) mass is 293 g/mol. The van der Waals surface area contributed by atoms with Crippen LogP contribution in [0.15, 0.2) is 0 Å². The van der Waals surface area contributed by atoms with Gasteiger partial charge in [-0.25, -0.2) is 0 Å². The molecule has 0 spiro atoms. The van der Waals surface area contributed by atoms with E-state index in [1.54, 1.807) is 0 Å². The molecule has 3 saturated heterocycles. The highest BCUT2D eigenvalue weighted by molar-refractivity contribution is 5.78. The Morgan fingerprint density at radius 1 is 1.24 bits per heavy atom. The molecule has 3 unspecified atom stereocenters. The minimum absolute atomic E-state index is 0.180. The van der Waals surface area contributed by atoms with Crippen molar-refractivity contribution >= 4 is 11.8 Å². The van der Waals surface area contributed by atoms with Crippen molar-refractivity contribution in [1.29, 1.82) is 0 Å². The van der Waals surface area contributed by atoms with Crippen LogP contribution in [-0.4, -0.2) is 48.4 Å². The largest absolute Gasteiger partial charge is 0.353 e. The van der Waals surface area contributed by atoms with Crippen LogP contribution in [-0.2, 0) is 9.59 Å². The van der Waals surface area contributed by atoms with Crippen LogP contribution in [0.25, 0.3) is 0 Å². The molecule has 0 radical (unpaired) electrons. The van der Waals surface area contributed by atoms with E-state index in [9.17, 15) is 9.59 Å². The van der Waals surface area contributed by atoms with Gasteiger partial charge in [0.25, 0.3) is 0 Å². The summed E-state index contributed by atoms with van der Waals surface area (Å²) in [6.45, 7) is 2.74. The summed E-state index contributed by atoms with van der Waals surface area (Å²) < 4.78 is 0. The van der Waals surface area contributed by atoms with Crippen molar-refractivity contribution in [2.45, 2.75) is 63.5 Å². The second-order valence-electron chi connectivity index (χ2n) is 6.79. The molecular weight excluding hydrogens is 266 g/mol. The average Bonchev–Trinajstić information content (AvgIpc) is 2.53. The number of piperidine rings is 3. The number of likely N-dealkylation sites (tertiary alicyclic amines) is 1. The lowest BCUT2D eigenvalue weighted by molar-refractivity contribution is -0.135. The number of nitrogens with zero attached hydrogens (tertiary/aromatic N) is 1. The lowest BCUT2D eigenvalue weighted by atomic mass is 9.85. The molecule has 3 atom stereocenters. The highest BCUT2D eigenvalue weighted by Crippen LogP contribution is 2.26. The number of fused-ring (bicyclic) bond motifs is 1. The molecule has 118 valence electrons. The van der Waals surface area contributed by atoms with Crippen LogP contribution in [0.3, 0.4) is 0 Å². The van der Waals surface area contributed by atoms with Crippen molar-refractivity contribution in [3.8, 4) is 0 Å². The predicted molar refractivity (Wildman–Crippen MR) is 80.7 cm³/mol. The van der Waals surface area contributed by atoms with E-state index in [1.807, 2.05) is 4.90 Å². The highest BCUT2D eigenvalue weighted by atomic mass is 16.2. The first-order valence-corrected chi connectivity index (χ1v) is 8.53. The van der Waals surface area contributed by atoms with Gasteiger partial charge in [0.1, 0.15) is 0 Å². The van der Waals surface area contributed by atoms with Crippen molar-refractivity contribution in [2.75, 3.05) is 19.6 Å². The molecule has 21 heavy (non-hydrogen) atoms. The van der Waals surface area contributed by atoms with Crippen LogP contribution in [0.5, 0.6) is 0 Å². The minimum atomic E-state index is 0.180. The standard InChI is InChI=1S/C16H27N3O2/c20-15-6-4-12-11-19(10-8-14(12)18-15)16(21)7-5-13-3-1-2-9-17-13/h12-14,17H,1-11H2,(H,18,20). The first kappa shape index (κ1) is 14.8. The summed E-state index contributed by atoms with van der Waals surface area (Å²) in [5, 5.41) is 6.58. The maximum atomic E-state index is 12.4. The molecule has 3 aliphatic heterocycles. The Balaban J connectivity index is 1.44. The first-order chi connectivity index (χ1) is 10.2. The average molecular weight is 293 g/mol. The van der Waals surface area contributed by atoms with Gasteiger partial charge >= 0.3 is 0 Å². The molecule has 2 N–H and O–H groups in total. The summed E-state index contributed by atoms with van der Waals surface area (Å²) in [4.78, 5) is 25.8. The van der Waals surface area contributed by atoms with Crippen LogP contribution < -0.4 is 10.6 Å². The first-order valence-electron chi connectivity index (χ1n) is 8.53. The van der Waals surface area contributed by atoms with E-state index in [2.05, 4.69) is 10.6 Å². The molecule has 0 bridgehead atoms. The van der Waals surface area contributed by atoms with E-state index < -0.39 is 0 Å². The Morgan fingerprint density at radius 3 is 2.95 bits per heavy atom. The summed E-state index contributed by atoms with van der Waals surface area (Å²) in [7, 11) is 0. The van der Waals surface area contributed by atoms with E-state index in [1.165, 1.54) is 19.3 Å². The molecule has 3 rings (SSSR count). The third-order valence-electron chi connectivity index (χ3n) is 5.29. The quantitative estimate of drug-likeness (QED) is 0.817. The fourth-order valence-corrected chi connectivity index (χ4v) is 3.96. The molecule has 0 aromatic heterocycles. The van der Waals surface area contributed by atoms with Gasteiger partial charge in [0.15, 0.2) is 0 Å². The Hall–Kier alpha value is -1.10. The molecular formula is C16H27N3O2. The zero-order chi connectivity index (χ0) is 14.7. The normalized spacial score (nSPS) is 33.2. The van der Waals surface area contributed by atoms with Crippen LogP contribution in [0, 0.1) is 5.92 Å². The smallest absolute Gasteiger partial charge is 0.222 e. The summed E-state index contributed by atoms with van der Waals surface area (Å²) >= 11 is 0. The Labute approximate surface area is 126 Å². The Kier molecular flexibility index (Phi) is 4.78. The summed E-state index contributed by atoms with van der Waals surface area (Å²) in [6, 6.07) is 0.838. The van der Waals surface area contributed by atoms with E-state index in [4.69, 9.17) is 0 Å². The van der Waals surface area contributed by atoms with Crippen LogP contribution in [0.2, 0.25) is 0 Å². The van der Waals surface area contributed by atoms with Gasteiger partial charge in [0.05, 0.1) is 0 Å². The van der Waals surface area contributed by atoms with Gasteiger partial charge in [-0.05, 0) is 44.6 Å². The highest BCUT2D eigenvalue weighted by Gasteiger charge is 2.35. The summed E-state index contributed by atoms with van der Waals surface area (Å²) in [6.07, 6.45) is 7.89. The number of rotatable bonds is 3. The van der Waals surface area contributed by atoms with Crippen molar-refractivity contribution in [3.63, 3.8) is 0 Å². The number of hydrogen-bond donors (Lipinski definition) is 2. The summed E-state index contributed by atoms with van der Waals surface area (Å²) in [5.41, 5.74) is 0. The molecule has 2 amide bonds. The van der Waals surface area contributed by atoms with E-state index >= 15 is 0 Å². The van der Waals surface area contributed by atoms with Gasteiger partial charge in [-0.2, -0.15) is 0 Å². The zero-order valence-electron chi connectivity index (χ0n) is 12.8. The number of nitrogens with one attached hydrogen (secondary N) is 2. The topological polar surface area (TPSA) is 61.4 Å².